The van der Waals surface area contributed by atoms with Gasteiger partial charge in [0.25, 0.3) is 0 Å². The third-order valence-electron chi connectivity index (χ3n) is 2.62. The van der Waals surface area contributed by atoms with Crippen LogP contribution >= 0.6 is 0 Å². The molecule has 0 bridgehead atoms. The summed E-state index contributed by atoms with van der Waals surface area (Å²) in [6.07, 6.45) is -3.30. The first kappa shape index (κ1) is 15.0. The molecule has 1 heterocycles. The molecule has 1 aromatic carbocycles. The number of aromatic nitrogens is 1. The van der Waals surface area contributed by atoms with Gasteiger partial charge in [-0.05, 0) is 24.3 Å². The summed E-state index contributed by atoms with van der Waals surface area (Å²) in [7, 11) is 0. The zero-order valence-corrected chi connectivity index (χ0v) is 10.6. The molecule has 0 aliphatic heterocycles. The number of benzene rings is 1. The van der Waals surface area contributed by atoms with Gasteiger partial charge in [-0.25, -0.2) is 15.2 Å². The summed E-state index contributed by atoms with van der Waals surface area (Å²) in [6, 6.07) is 5.71. The van der Waals surface area contributed by atoms with Gasteiger partial charge in [-0.15, -0.1) is 0 Å². The lowest BCUT2D eigenvalue weighted by Crippen LogP contribution is -2.09. The van der Waals surface area contributed by atoms with Crippen molar-refractivity contribution in [3.8, 4) is 5.75 Å². The van der Waals surface area contributed by atoms with Crippen molar-refractivity contribution in [1.29, 1.82) is 0 Å². The molecule has 3 N–H and O–H groups in total. The van der Waals surface area contributed by atoms with Crippen molar-refractivity contribution < 1.29 is 22.3 Å². The van der Waals surface area contributed by atoms with Gasteiger partial charge in [0, 0.05) is 11.8 Å². The van der Waals surface area contributed by atoms with Crippen LogP contribution in [0.4, 0.5) is 23.4 Å². The Hall–Kier alpha value is -2.35. The molecule has 0 spiro atoms. The van der Waals surface area contributed by atoms with Gasteiger partial charge in [0.05, 0.1) is 5.56 Å². The zero-order valence-electron chi connectivity index (χ0n) is 10.6. The highest BCUT2D eigenvalue weighted by molar-refractivity contribution is 5.34. The van der Waals surface area contributed by atoms with Crippen molar-refractivity contribution >= 4 is 5.82 Å². The molecule has 112 valence electrons. The number of nitrogens with two attached hydrogens (primary N) is 1. The molecule has 8 heteroatoms. The van der Waals surface area contributed by atoms with Crippen molar-refractivity contribution in [3.63, 3.8) is 0 Å². The molecule has 0 amide bonds. The van der Waals surface area contributed by atoms with E-state index in [0.29, 0.717) is 17.4 Å². The summed E-state index contributed by atoms with van der Waals surface area (Å²) < 4.78 is 56.0. The Labute approximate surface area is 117 Å². The Kier molecular flexibility index (Phi) is 4.27. The number of nitrogens with one attached hydrogen (secondary N) is 1. The SMILES string of the molecule is NNc1ccc(COc2ccc(F)c(C(F)(F)F)c2)cn1. The summed E-state index contributed by atoms with van der Waals surface area (Å²) in [4.78, 5) is 3.92. The van der Waals surface area contributed by atoms with Crippen LogP contribution in [0.15, 0.2) is 36.5 Å². The summed E-state index contributed by atoms with van der Waals surface area (Å²) in [5, 5.41) is 0. The second-order valence-electron chi connectivity index (χ2n) is 4.12. The fraction of sp³-hybridized carbons (Fsp3) is 0.154. The number of alkyl halides is 3. The summed E-state index contributed by atoms with van der Waals surface area (Å²) in [5.74, 6) is 4.18. The molecule has 0 saturated carbocycles. The first-order chi connectivity index (χ1) is 9.90. The second kappa shape index (κ2) is 5.96. The highest BCUT2D eigenvalue weighted by atomic mass is 19.4. The summed E-state index contributed by atoms with van der Waals surface area (Å²) >= 11 is 0. The van der Waals surface area contributed by atoms with E-state index in [1.807, 2.05) is 0 Å². The molecule has 2 aromatic rings. The number of hydrogen-bond donors (Lipinski definition) is 2. The van der Waals surface area contributed by atoms with E-state index in [2.05, 4.69) is 10.4 Å². The van der Waals surface area contributed by atoms with E-state index >= 15 is 0 Å². The van der Waals surface area contributed by atoms with Gasteiger partial charge in [-0.1, -0.05) is 6.07 Å². The predicted molar refractivity (Wildman–Crippen MR) is 67.8 cm³/mol. The van der Waals surface area contributed by atoms with E-state index in [0.717, 1.165) is 12.1 Å². The van der Waals surface area contributed by atoms with Crippen molar-refractivity contribution in [2.75, 3.05) is 5.43 Å². The molecule has 2 rings (SSSR count). The minimum Gasteiger partial charge on any atom is -0.489 e. The maximum atomic E-state index is 13.1. The minimum absolute atomic E-state index is 0.000775. The normalized spacial score (nSPS) is 11.3. The number of nitrogens with zero attached hydrogens (tertiary/aromatic N) is 1. The second-order valence-corrected chi connectivity index (χ2v) is 4.12. The number of ether oxygens (including phenoxy) is 1. The fourth-order valence-corrected chi connectivity index (χ4v) is 1.57. The van der Waals surface area contributed by atoms with E-state index < -0.39 is 17.6 Å². The van der Waals surface area contributed by atoms with Gasteiger partial charge in [0.1, 0.15) is 24.0 Å². The van der Waals surface area contributed by atoms with Crippen LogP contribution in [-0.4, -0.2) is 4.98 Å². The van der Waals surface area contributed by atoms with E-state index in [1.54, 1.807) is 12.1 Å². The largest absolute Gasteiger partial charge is 0.489 e. The Morgan fingerprint density at radius 2 is 1.95 bits per heavy atom. The molecular weight excluding hydrogens is 290 g/mol. The van der Waals surface area contributed by atoms with Gasteiger partial charge in [0.15, 0.2) is 0 Å². The molecule has 1 aromatic heterocycles. The van der Waals surface area contributed by atoms with E-state index in [4.69, 9.17) is 10.6 Å². The van der Waals surface area contributed by atoms with Crippen LogP contribution < -0.4 is 16.0 Å². The lowest BCUT2D eigenvalue weighted by Gasteiger charge is -2.11. The van der Waals surface area contributed by atoms with Crippen LogP contribution in [0.2, 0.25) is 0 Å². The number of hydrazine groups is 1. The van der Waals surface area contributed by atoms with Crippen LogP contribution in [0.25, 0.3) is 0 Å². The molecule has 0 saturated heterocycles. The molecule has 0 unspecified atom stereocenters. The van der Waals surface area contributed by atoms with E-state index in [1.165, 1.54) is 6.20 Å². The average molecular weight is 301 g/mol. The Balaban J connectivity index is 2.09. The lowest BCUT2D eigenvalue weighted by molar-refractivity contribution is -0.140. The standard InChI is InChI=1S/C13H11F4N3O/c14-11-3-2-9(5-10(11)13(15,16)17)21-7-8-1-4-12(20-18)19-6-8/h1-6H,7,18H2,(H,19,20). The minimum atomic E-state index is -4.76. The van der Waals surface area contributed by atoms with E-state index in [9.17, 15) is 17.6 Å². The van der Waals surface area contributed by atoms with Crippen molar-refractivity contribution in [2.24, 2.45) is 5.84 Å². The molecule has 0 aliphatic rings. The van der Waals surface area contributed by atoms with Crippen LogP contribution in [-0.2, 0) is 12.8 Å². The third kappa shape index (κ3) is 3.82. The monoisotopic (exact) mass is 301 g/mol. The smallest absolute Gasteiger partial charge is 0.419 e. The van der Waals surface area contributed by atoms with E-state index in [-0.39, 0.29) is 12.4 Å². The van der Waals surface area contributed by atoms with Crippen molar-refractivity contribution in [1.82, 2.24) is 4.98 Å². The predicted octanol–water partition coefficient (Wildman–Crippen LogP) is 3.10. The quantitative estimate of drug-likeness (QED) is 0.517. The molecule has 0 atom stereocenters. The molecule has 4 nitrogen and oxygen atoms in total. The zero-order chi connectivity index (χ0) is 15.5. The molecular formula is C13H11F4N3O. The van der Waals surface area contributed by atoms with Gasteiger partial charge >= 0.3 is 6.18 Å². The Morgan fingerprint density at radius 3 is 2.52 bits per heavy atom. The number of hydrogen-bond acceptors (Lipinski definition) is 4. The first-order valence-electron chi connectivity index (χ1n) is 5.81. The first-order valence-corrected chi connectivity index (χ1v) is 5.81. The number of anilines is 1. The number of pyridine rings is 1. The highest BCUT2D eigenvalue weighted by Gasteiger charge is 2.34. The Morgan fingerprint density at radius 1 is 1.19 bits per heavy atom. The summed E-state index contributed by atoms with van der Waals surface area (Å²) in [5.41, 5.74) is 1.61. The average Bonchev–Trinajstić information content (AvgIpc) is 2.45. The van der Waals surface area contributed by atoms with Crippen LogP contribution in [0.5, 0.6) is 5.75 Å². The van der Waals surface area contributed by atoms with Crippen LogP contribution in [0, 0.1) is 5.82 Å². The van der Waals surface area contributed by atoms with Gasteiger partial charge in [-0.2, -0.15) is 13.2 Å². The van der Waals surface area contributed by atoms with Crippen molar-refractivity contribution in [3.05, 3.63) is 53.5 Å². The highest BCUT2D eigenvalue weighted by Crippen LogP contribution is 2.33. The number of nitrogen functional groups attached to an aromatic ring is 1. The third-order valence-corrected chi connectivity index (χ3v) is 2.62. The topological polar surface area (TPSA) is 60.2 Å². The van der Waals surface area contributed by atoms with Gasteiger partial charge < -0.3 is 10.2 Å². The number of halogens is 4. The van der Waals surface area contributed by atoms with Gasteiger partial charge in [-0.3, -0.25) is 0 Å². The fourth-order valence-electron chi connectivity index (χ4n) is 1.57. The maximum absolute atomic E-state index is 13.1. The molecule has 0 aliphatic carbocycles. The summed E-state index contributed by atoms with van der Waals surface area (Å²) in [6.45, 7) is 0.000775. The number of rotatable bonds is 4. The molecule has 21 heavy (non-hydrogen) atoms. The Bertz CT molecular complexity index is 614. The lowest BCUT2D eigenvalue weighted by atomic mass is 10.2. The molecule has 0 radical (unpaired) electrons. The van der Waals surface area contributed by atoms with Crippen molar-refractivity contribution in [2.45, 2.75) is 12.8 Å². The van der Waals surface area contributed by atoms with Gasteiger partial charge in [0.2, 0.25) is 0 Å². The van der Waals surface area contributed by atoms with Crippen LogP contribution in [0.1, 0.15) is 11.1 Å². The maximum Gasteiger partial charge on any atom is 0.419 e. The molecule has 0 fully saturated rings. The van der Waals surface area contributed by atoms with Crippen LogP contribution in [0.3, 0.4) is 0 Å².